The van der Waals surface area contributed by atoms with Crippen LogP contribution in [0.25, 0.3) is 0 Å². The van der Waals surface area contributed by atoms with E-state index in [1.165, 1.54) is 11.6 Å². The molecule has 26 heavy (non-hydrogen) atoms. The second-order valence-corrected chi connectivity index (χ2v) is 6.25. The van der Waals surface area contributed by atoms with Crippen LogP contribution in [0.1, 0.15) is 11.1 Å². The number of carbonyl (C=O) groups is 1. The standard InChI is InChI=1S/C19H20F2N2O3/c1-25-17-7-12-5-6-23(10-13(12)8-18(17)26-2)11-19(24)22-16-4-3-14(20)9-15(16)21/h3-4,7-9H,5-6,10-11H2,1-2H3,(H,22,24)/p+1. The summed E-state index contributed by atoms with van der Waals surface area (Å²) in [6, 6.07) is 6.99. The summed E-state index contributed by atoms with van der Waals surface area (Å²) in [6.07, 6.45) is 0.809. The van der Waals surface area contributed by atoms with Crippen molar-refractivity contribution in [1.29, 1.82) is 0 Å². The van der Waals surface area contributed by atoms with E-state index in [4.69, 9.17) is 9.47 Å². The molecule has 3 rings (SSSR count). The molecule has 0 spiro atoms. The van der Waals surface area contributed by atoms with Crippen molar-refractivity contribution in [3.05, 3.63) is 53.1 Å². The lowest BCUT2D eigenvalue weighted by atomic mass is 9.99. The Balaban J connectivity index is 1.66. The molecular formula is C19H21F2N2O3+. The van der Waals surface area contributed by atoms with Crippen molar-refractivity contribution in [1.82, 2.24) is 0 Å². The lowest BCUT2D eigenvalue weighted by molar-refractivity contribution is -0.907. The van der Waals surface area contributed by atoms with Gasteiger partial charge in [0.2, 0.25) is 0 Å². The molecule has 2 N–H and O–H groups in total. The molecule has 0 radical (unpaired) electrons. The number of ether oxygens (including phenoxy) is 2. The largest absolute Gasteiger partial charge is 0.493 e. The van der Waals surface area contributed by atoms with Gasteiger partial charge in [0.15, 0.2) is 18.0 Å². The van der Waals surface area contributed by atoms with E-state index in [1.54, 1.807) is 14.2 Å². The maximum atomic E-state index is 13.7. The predicted molar refractivity (Wildman–Crippen MR) is 92.6 cm³/mol. The third-order valence-corrected chi connectivity index (χ3v) is 4.51. The molecule has 0 fully saturated rings. The number of fused-ring (bicyclic) bond motifs is 1. The fourth-order valence-corrected chi connectivity index (χ4v) is 3.19. The van der Waals surface area contributed by atoms with E-state index in [0.29, 0.717) is 18.0 Å². The quantitative estimate of drug-likeness (QED) is 0.848. The van der Waals surface area contributed by atoms with Crippen molar-refractivity contribution in [3.63, 3.8) is 0 Å². The first-order valence-electron chi connectivity index (χ1n) is 8.32. The van der Waals surface area contributed by atoms with Gasteiger partial charge in [0.05, 0.1) is 26.5 Å². The molecule has 7 heteroatoms. The van der Waals surface area contributed by atoms with Crippen molar-refractivity contribution in [3.8, 4) is 11.5 Å². The van der Waals surface area contributed by atoms with Crippen LogP contribution in [0.4, 0.5) is 14.5 Å². The highest BCUT2D eigenvalue weighted by Gasteiger charge is 2.24. The van der Waals surface area contributed by atoms with Gasteiger partial charge in [-0.1, -0.05) is 0 Å². The van der Waals surface area contributed by atoms with Crippen LogP contribution in [0.2, 0.25) is 0 Å². The Morgan fingerprint density at radius 3 is 2.46 bits per heavy atom. The van der Waals surface area contributed by atoms with Gasteiger partial charge in [0.1, 0.15) is 18.2 Å². The zero-order valence-electron chi connectivity index (χ0n) is 14.7. The molecule has 0 aliphatic carbocycles. The summed E-state index contributed by atoms with van der Waals surface area (Å²) in [5.74, 6) is -0.420. The molecule has 0 aromatic heterocycles. The monoisotopic (exact) mass is 363 g/mol. The number of rotatable bonds is 5. The molecule has 1 atom stereocenters. The zero-order valence-corrected chi connectivity index (χ0v) is 14.7. The van der Waals surface area contributed by atoms with Gasteiger partial charge in [-0.25, -0.2) is 8.78 Å². The van der Waals surface area contributed by atoms with Crippen LogP contribution in [0.3, 0.4) is 0 Å². The second-order valence-electron chi connectivity index (χ2n) is 6.25. The van der Waals surface area contributed by atoms with E-state index in [2.05, 4.69) is 5.32 Å². The molecule has 2 aromatic rings. The molecular weight excluding hydrogens is 342 g/mol. The van der Waals surface area contributed by atoms with Crippen molar-refractivity contribution in [2.24, 2.45) is 0 Å². The third-order valence-electron chi connectivity index (χ3n) is 4.51. The highest BCUT2D eigenvalue weighted by Crippen LogP contribution is 2.31. The van der Waals surface area contributed by atoms with Crippen molar-refractivity contribution < 1.29 is 27.9 Å². The van der Waals surface area contributed by atoms with E-state index in [9.17, 15) is 13.6 Å². The van der Waals surface area contributed by atoms with Crippen LogP contribution in [0, 0.1) is 11.6 Å². The fraction of sp³-hybridized carbons (Fsp3) is 0.316. The molecule has 1 heterocycles. The first kappa shape index (κ1) is 18.1. The summed E-state index contributed by atoms with van der Waals surface area (Å²) >= 11 is 0. The maximum absolute atomic E-state index is 13.7. The van der Waals surface area contributed by atoms with Gasteiger partial charge in [-0.05, 0) is 29.8 Å². The van der Waals surface area contributed by atoms with E-state index in [0.717, 1.165) is 35.6 Å². The maximum Gasteiger partial charge on any atom is 0.279 e. The van der Waals surface area contributed by atoms with Crippen LogP contribution in [0.5, 0.6) is 11.5 Å². The van der Waals surface area contributed by atoms with Crippen LogP contribution in [0.15, 0.2) is 30.3 Å². The highest BCUT2D eigenvalue weighted by atomic mass is 19.1. The minimum atomic E-state index is -0.783. The average Bonchev–Trinajstić information content (AvgIpc) is 2.62. The molecule has 0 bridgehead atoms. The topological polar surface area (TPSA) is 52.0 Å². The normalized spacial score (nSPS) is 15.9. The Labute approximate surface area is 150 Å². The van der Waals surface area contributed by atoms with Gasteiger partial charge < -0.3 is 19.7 Å². The van der Waals surface area contributed by atoms with Crippen molar-refractivity contribution in [2.75, 3.05) is 32.6 Å². The fourth-order valence-electron chi connectivity index (χ4n) is 3.19. The van der Waals surface area contributed by atoms with Crippen molar-refractivity contribution in [2.45, 2.75) is 13.0 Å². The Morgan fingerprint density at radius 2 is 1.81 bits per heavy atom. The van der Waals surface area contributed by atoms with E-state index in [1.807, 2.05) is 12.1 Å². The van der Waals surface area contributed by atoms with Gasteiger partial charge >= 0.3 is 0 Å². The smallest absolute Gasteiger partial charge is 0.279 e. The molecule has 138 valence electrons. The molecule has 2 aromatic carbocycles. The first-order chi connectivity index (χ1) is 12.5. The number of nitrogens with one attached hydrogen (secondary N) is 2. The van der Waals surface area contributed by atoms with E-state index >= 15 is 0 Å². The van der Waals surface area contributed by atoms with Gasteiger partial charge in [-0.2, -0.15) is 0 Å². The lowest BCUT2D eigenvalue weighted by Crippen LogP contribution is -3.12. The Bertz CT molecular complexity index is 827. The van der Waals surface area contributed by atoms with Crippen LogP contribution in [-0.2, 0) is 17.8 Å². The molecule has 1 aliphatic rings. The van der Waals surface area contributed by atoms with Crippen LogP contribution >= 0.6 is 0 Å². The van der Waals surface area contributed by atoms with Gasteiger partial charge in [0, 0.05) is 18.1 Å². The summed E-state index contributed by atoms with van der Waals surface area (Å²) in [7, 11) is 3.19. The molecule has 0 saturated carbocycles. The summed E-state index contributed by atoms with van der Waals surface area (Å²) in [5.41, 5.74) is 2.26. The van der Waals surface area contributed by atoms with Crippen molar-refractivity contribution >= 4 is 11.6 Å². The lowest BCUT2D eigenvalue weighted by Gasteiger charge is -2.26. The predicted octanol–water partition coefficient (Wildman–Crippen LogP) is 1.56. The summed E-state index contributed by atoms with van der Waals surface area (Å²) < 4.78 is 37.2. The van der Waals surface area contributed by atoms with Gasteiger partial charge in [-0.15, -0.1) is 0 Å². The molecule has 0 saturated heterocycles. The number of carbonyl (C=O) groups excluding carboxylic acids is 1. The summed E-state index contributed by atoms with van der Waals surface area (Å²) in [4.78, 5) is 13.3. The zero-order chi connectivity index (χ0) is 18.7. The molecule has 1 unspecified atom stereocenters. The third kappa shape index (κ3) is 3.94. The second kappa shape index (κ2) is 7.70. The highest BCUT2D eigenvalue weighted by molar-refractivity contribution is 5.91. The minimum absolute atomic E-state index is 0.0142. The summed E-state index contributed by atoms with van der Waals surface area (Å²) in [6.45, 7) is 1.64. The number of hydrogen-bond acceptors (Lipinski definition) is 3. The van der Waals surface area contributed by atoms with Crippen LogP contribution < -0.4 is 19.7 Å². The number of halogens is 2. The molecule has 1 aliphatic heterocycles. The van der Waals surface area contributed by atoms with Gasteiger partial charge in [-0.3, -0.25) is 4.79 Å². The number of hydrogen-bond donors (Lipinski definition) is 2. The van der Waals surface area contributed by atoms with Gasteiger partial charge in [0.25, 0.3) is 5.91 Å². The molecule has 1 amide bonds. The molecule has 5 nitrogen and oxygen atoms in total. The number of amides is 1. The minimum Gasteiger partial charge on any atom is -0.493 e. The Morgan fingerprint density at radius 1 is 1.12 bits per heavy atom. The number of benzene rings is 2. The summed E-state index contributed by atoms with van der Waals surface area (Å²) in [5, 5.41) is 2.50. The SMILES string of the molecule is COc1cc2c(cc1OC)C[NH+](CC(=O)Nc1ccc(F)cc1F)CC2. The first-order valence-corrected chi connectivity index (χ1v) is 8.32. The number of anilines is 1. The Hall–Kier alpha value is -2.67. The number of quaternary nitrogens is 1. The van der Waals surface area contributed by atoms with E-state index < -0.39 is 11.6 Å². The van der Waals surface area contributed by atoms with E-state index in [-0.39, 0.29) is 18.1 Å². The Kier molecular flexibility index (Phi) is 5.37. The average molecular weight is 363 g/mol. The number of methoxy groups -OCH3 is 2. The van der Waals surface area contributed by atoms with Crippen LogP contribution in [-0.4, -0.2) is 33.2 Å².